The molecule has 0 bridgehead atoms. The van der Waals surface area contributed by atoms with E-state index in [1.807, 2.05) is 29.7 Å². The average molecular weight is 409 g/mol. The molecule has 0 atom stereocenters. The van der Waals surface area contributed by atoms with E-state index in [0.29, 0.717) is 35.0 Å². The minimum Gasteiger partial charge on any atom is -0.466 e. The van der Waals surface area contributed by atoms with Gasteiger partial charge < -0.3 is 13.7 Å². The van der Waals surface area contributed by atoms with Gasteiger partial charge in [0, 0.05) is 18.1 Å². The lowest BCUT2D eigenvalue weighted by atomic mass is 10.2. The molecule has 0 N–H and O–H groups in total. The SMILES string of the molecule is COCCn1c(=NC(=O)c2cc(C)oc2C)sc2cc(Br)ccc21. The third kappa shape index (κ3) is 3.38. The number of aryl methyl sites for hydroxylation is 2. The lowest BCUT2D eigenvalue weighted by Crippen LogP contribution is -2.19. The number of furan rings is 1. The lowest BCUT2D eigenvalue weighted by molar-refractivity contribution is 0.0996. The average Bonchev–Trinajstić information content (AvgIpc) is 3.04. The van der Waals surface area contributed by atoms with Gasteiger partial charge in [-0.1, -0.05) is 27.3 Å². The van der Waals surface area contributed by atoms with Crippen molar-refractivity contribution in [1.82, 2.24) is 4.57 Å². The van der Waals surface area contributed by atoms with Crippen molar-refractivity contribution in [3.8, 4) is 0 Å². The Morgan fingerprint density at radius 2 is 2.17 bits per heavy atom. The van der Waals surface area contributed by atoms with Crippen LogP contribution in [0.1, 0.15) is 21.9 Å². The molecule has 24 heavy (non-hydrogen) atoms. The summed E-state index contributed by atoms with van der Waals surface area (Å²) in [5.41, 5.74) is 1.54. The normalized spacial score (nSPS) is 12.2. The van der Waals surface area contributed by atoms with Crippen LogP contribution < -0.4 is 4.80 Å². The molecule has 2 aromatic heterocycles. The van der Waals surface area contributed by atoms with Gasteiger partial charge in [-0.2, -0.15) is 4.99 Å². The predicted octanol–water partition coefficient (Wildman–Crippen LogP) is 4.06. The van der Waals surface area contributed by atoms with Crippen molar-refractivity contribution < 1.29 is 13.9 Å². The summed E-state index contributed by atoms with van der Waals surface area (Å²) < 4.78 is 14.7. The number of carbonyl (C=O) groups is 1. The molecule has 126 valence electrons. The number of nitrogens with zero attached hydrogens (tertiary/aromatic N) is 2. The molecule has 0 unspecified atom stereocenters. The van der Waals surface area contributed by atoms with Gasteiger partial charge in [0.2, 0.25) is 0 Å². The number of methoxy groups -OCH3 is 1. The van der Waals surface area contributed by atoms with Gasteiger partial charge in [0.15, 0.2) is 4.80 Å². The van der Waals surface area contributed by atoms with Crippen molar-refractivity contribution in [1.29, 1.82) is 0 Å². The molecule has 5 nitrogen and oxygen atoms in total. The van der Waals surface area contributed by atoms with Crippen LogP contribution in [0.5, 0.6) is 0 Å². The molecule has 2 heterocycles. The topological polar surface area (TPSA) is 56.7 Å². The number of halogens is 1. The standard InChI is InChI=1S/C17H17BrN2O3S/c1-10-8-13(11(2)23-10)16(21)19-17-20(6-7-22-3)14-5-4-12(18)9-15(14)24-17/h4-5,8-9H,6-7H2,1-3H3. The number of benzene rings is 1. The third-order valence-corrected chi connectivity index (χ3v) is 5.17. The number of ether oxygens (including phenoxy) is 1. The number of amides is 1. The smallest absolute Gasteiger partial charge is 0.283 e. The molecule has 1 amide bonds. The van der Waals surface area contributed by atoms with Crippen LogP contribution in [0.3, 0.4) is 0 Å². The largest absolute Gasteiger partial charge is 0.466 e. The molecule has 0 saturated carbocycles. The molecule has 0 aliphatic carbocycles. The van der Waals surface area contributed by atoms with Gasteiger partial charge in [-0.15, -0.1) is 0 Å². The van der Waals surface area contributed by atoms with Crippen LogP contribution in [0.4, 0.5) is 0 Å². The van der Waals surface area contributed by atoms with Crippen LogP contribution in [0.2, 0.25) is 0 Å². The van der Waals surface area contributed by atoms with Crippen molar-refractivity contribution in [3.63, 3.8) is 0 Å². The van der Waals surface area contributed by atoms with Gasteiger partial charge in [-0.25, -0.2) is 0 Å². The first-order chi connectivity index (χ1) is 11.5. The second kappa shape index (κ2) is 7.04. The number of hydrogen-bond donors (Lipinski definition) is 0. The summed E-state index contributed by atoms with van der Waals surface area (Å²) in [6, 6.07) is 7.75. The summed E-state index contributed by atoms with van der Waals surface area (Å²) in [4.78, 5) is 17.5. The number of carbonyl (C=O) groups excluding carboxylic acids is 1. The van der Waals surface area contributed by atoms with Crippen LogP contribution in [0, 0.1) is 13.8 Å². The van der Waals surface area contributed by atoms with Gasteiger partial charge in [0.05, 0.1) is 22.4 Å². The Morgan fingerprint density at radius 3 is 2.83 bits per heavy atom. The molecule has 3 aromatic rings. The fraction of sp³-hybridized carbons (Fsp3) is 0.294. The van der Waals surface area contributed by atoms with E-state index in [9.17, 15) is 4.79 Å². The first kappa shape index (κ1) is 17.1. The fourth-order valence-electron chi connectivity index (χ4n) is 2.52. The monoisotopic (exact) mass is 408 g/mol. The molecule has 0 fully saturated rings. The van der Waals surface area contributed by atoms with E-state index in [1.165, 1.54) is 11.3 Å². The van der Waals surface area contributed by atoms with Crippen molar-refractivity contribution in [2.45, 2.75) is 20.4 Å². The predicted molar refractivity (Wildman–Crippen MR) is 97.5 cm³/mol. The Kier molecular flexibility index (Phi) is 5.03. The molecule has 3 rings (SSSR count). The molecule has 7 heteroatoms. The Bertz CT molecular complexity index is 968. The highest BCUT2D eigenvalue weighted by atomic mass is 79.9. The Labute approximate surface area is 151 Å². The summed E-state index contributed by atoms with van der Waals surface area (Å²) >= 11 is 4.96. The maximum absolute atomic E-state index is 12.5. The molecular weight excluding hydrogens is 392 g/mol. The van der Waals surface area contributed by atoms with Crippen LogP contribution in [-0.2, 0) is 11.3 Å². The van der Waals surface area contributed by atoms with Gasteiger partial charge in [0.1, 0.15) is 11.5 Å². The van der Waals surface area contributed by atoms with E-state index >= 15 is 0 Å². The maximum atomic E-state index is 12.5. The van der Waals surface area contributed by atoms with Crippen LogP contribution in [-0.4, -0.2) is 24.2 Å². The Hall–Kier alpha value is -1.70. The third-order valence-electron chi connectivity index (χ3n) is 3.63. The zero-order chi connectivity index (χ0) is 17.3. The molecule has 0 saturated heterocycles. The van der Waals surface area contributed by atoms with Crippen LogP contribution >= 0.6 is 27.3 Å². The van der Waals surface area contributed by atoms with Crippen molar-refractivity contribution >= 4 is 43.4 Å². The van der Waals surface area contributed by atoms with Crippen molar-refractivity contribution in [2.24, 2.45) is 4.99 Å². The zero-order valence-corrected chi connectivity index (χ0v) is 16.0. The Balaban J connectivity index is 2.13. The lowest BCUT2D eigenvalue weighted by Gasteiger charge is -2.04. The van der Waals surface area contributed by atoms with E-state index in [-0.39, 0.29) is 5.91 Å². The highest BCUT2D eigenvalue weighted by molar-refractivity contribution is 9.10. The summed E-state index contributed by atoms with van der Waals surface area (Å²) in [5, 5.41) is 0. The molecule has 0 radical (unpaired) electrons. The number of rotatable bonds is 4. The molecule has 0 aliphatic rings. The van der Waals surface area contributed by atoms with Gasteiger partial charge in [0.25, 0.3) is 5.91 Å². The fourth-order valence-corrected chi connectivity index (χ4v) is 4.13. The van der Waals surface area contributed by atoms with Gasteiger partial charge >= 0.3 is 0 Å². The summed E-state index contributed by atoms with van der Waals surface area (Å²) in [5.74, 6) is 1.01. The van der Waals surface area contributed by atoms with Crippen molar-refractivity contribution in [2.75, 3.05) is 13.7 Å². The highest BCUT2D eigenvalue weighted by Crippen LogP contribution is 2.22. The minimum absolute atomic E-state index is 0.291. The van der Waals surface area contributed by atoms with E-state index in [4.69, 9.17) is 9.15 Å². The van der Waals surface area contributed by atoms with E-state index in [2.05, 4.69) is 20.9 Å². The minimum atomic E-state index is -0.291. The number of hydrogen-bond acceptors (Lipinski definition) is 4. The molecule has 0 aliphatic heterocycles. The molecule has 0 spiro atoms. The zero-order valence-electron chi connectivity index (χ0n) is 13.6. The van der Waals surface area contributed by atoms with E-state index < -0.39 is 0 Å². The van der Waals surface area contributed by atoms with Gasteiger partial charge in [-0.05, 0) is 38.1 Å². The number of thiazole rings is 1. The molecular formula is C17H17BrN2O3S. The second-order valence-electron chi connectivity index (χ2n) is 5.38. The number of fused-ring (bicyclic) bond motifs is 1. The molecule has 1 aromatic carbocycles. The van der Waals surface area contributed by atoms with Crippen LogP contribution in [0.15, 0.2) is 38.1 Å². The van der Waals surface area contributed by atoms with Crippen molar-refractivity contribution in [3.05, 3.63) is 50.6 Å². The second-order valence-corrected chi connectivity index (χ2v) is 7.31. The quantitative estimate of drug-likeness (QED) is 0.653. The summed E-state index contributed by atoms with van der Waals surface area (Å²) in [6.07, 6.45) is 0. The highest BCUT2D eigenvalue weighted by Gasteiger charge is 2.14. The number of aromatic nitrogens is 1. The van der Waals surface area contributed by atoms with E-state index in [1.54, 1.807) is 20.1 Å². The first-order valence-electron chi connectivity index (χ1n) is 7.43. The van der Waals surface area contributed by atoms with Crippen LogP contribution in [0.25, 0.3) is 10.2 Å². The summed E-state index contributed by atoms with van der Waals surface area (Å²) in [7, 11) is 1.66. The Morgan fingerprint density at radius 1 is 1.38 bits per heavy atom. The first-order valence-corrected chi connectivity index (χ1v) is 9.04. The maximum Gasteiger partial charge on any atom is 0.283 e. The van der Waals surface area contributed by atoms with E-state index in [0.717, 1.165) is 14.7 Å². The summed E-state index contributed by atoms with van der Waals surface area (Å²) in [6.45, 7) is 4.77. The van der Waals surface area contributed by atoms with Gasteiger partial charge in [-0.3, -0.25) is 4.79 Å².